The van der Waals surface area contributed by atoms with Crippen molar-refractivity contribution in [2.24, 2.45) is 5.10 Å². The molecule has 1 aromatic heterocycles. The highest BCUT2D eigenvalue weighted by Gasteiger charge is 2.18. The Labute approximate surface area is 211 Å². The maximum atomic E-state index is 12.4. The fourth-order valence-electron chi connectivity index (χ4n) is 3.23. The molecule has 3 aromatic carbocycles. The maximum Gasteiger partial charge on any atom is 0.250 e. The van der Waals surface area contributed by atoms with Gasteiger partial charge in [0, 0.05) is 16.3 Å². The van der Waals surface area contributed by atoms with Crippen molar-refractivity contribution in [2.45, 2.75) is 5.16 Å². The molecule has 0 saturated carbocycles. The highest BCUT2D eigenvalue weighted by atomic mass is 35.5. The van der Waals surface area contributed by atoms with Gasteiger partial charge in [-0.25, -0.2) is 5.43 Å². The van der Waals surface area contributed by atoms with Crippen molar-refractivity contribution in [3.63, 3.8) is 0 Å². The number of hydrogen-bond donors (Lipinski definition) is 1. The van der Waals surface area contributed by atoms with Gasteiger partial charge in [-0.1, -0.05) is 53.7 Å². The standard InChI is InChI=1S/C25H22ClN5O3S/c1-33-21-13-10-18(14-22(21)34-2)24-29-30-25(31(24)20-6-4-3-5-7-20)35-16-23(32)28-27-15-17-8-11-19(26)12-9-17/h3-15H,16H2,1-2H3,(H,28,32)/b27-15-. The fraction of sp³-hybridized carbons (Fsp3) is 0.120. The zero-order valence-corrected chi connectivity index (χ0v) is 20.6. The minimum absolute atomic E-state index is 0.106. The normalized spacial score (nSPS) is 10.9. The van der Waals surface area contributed by atoms with Gasteiger partial charge in [0.05, 0.1) is 26.2 Å². The Morgan fingerprint density at radius 3 is 2.49 bits per heavy atom. The summed E-state index contributed by atoms with van der Waals surface area (Å²) in [6.45, 7) is 0. The van der Waals surface area contributed by atoms with E-state index in [2.05, 4.69) is 20.7 Å². The van der Waals surface area contributed by atoms with Crippen LogP contribution in [0.4, 0.5) is 0 Å². The number of nitrogens with one attached hydrogen (secondary N) is 1. The first-order valence-electron chi connectivity index (χ1n) is 10.5. The lowest BCUT2D eigenvalue weighted by molar-refractivity contribution is -0.118. The molecule has 1 amide bonds. The Bertz CT molecular complexity index is 1330. The average molecular weight is 508 g/mol. The number of benzene rings is 3. The number of carbonyl (C=O) groups excluding carboxylic acids is 1. The molecule has 35 heavy (non-hydrogen) atoms. The van der Waals surface area contributed by atoms with E-state index in [1.807, 2.05) is 65.2 Å². The van der Waals surface area contributed by atoms with Crippen molar-refractivity contribution in [3.8, 4) is 28.6 Å². The van der Waals surface area contributed by atoms with Gasteiger partial charge in [-0.3, -0.25) is 9.36 Å². The van der Waals surface area contributed by atoms with Gasteiger partial charge >= 0.3 is 0 Å². The summed E-state index contributed by atoms with van der Waals surface area (Å²) in [5.41, 5.74) is 5.02. The number of carbonyl (C=O) groups is 1. The first-order chi connectivity index (χ1) is 17.1. The fourth-order valence-corrected chi connectivity index (χ4v) is 4.10. The van der Waals surface area contributed by atoms with E-state index in [4.69, 9.17) is 21.1 Å². The zero-order valence-electron chi connectivity index (χ0n) is 19.0. The van der Waals surface area contributed by atoms with E-state index < -0.39 is 0 Å². The van der Waals surface area contributed by atoms with Gasteiger partial charge in [-0.15, -0.1) is 10.2 Å². The molecule has 0 radical (unpaired) electrons. The summed E-state index contributed by atoms with van der Waals surface area (Å²) in [4.78, 5) is 12.4. The van der Waals surface area contributed by atoms with Crippen LogP contribution >= 0.6 is 23.4 Å². The molecule has 10 heteroatoms. The largest absolute Gasteiger partial charge is 0.493 e. The third-order valence-electron chi connectivity index (χ3n) is 4.89. The number of hydrazone groups is 1. The van der Waals surface area contributed by atoms with Crippen LogP contribution in [0.25, 0.3) is 17.1 Å². The van der Waals surface area contributed by atoms with Gasteiger partial charge in [0.2, 0.25) is 0 Å². The van der Waals surface area contributed by atoms with Gasteiger partial charge in [-0.2, -0.15) is 5.10 Å². The lowest BCUT2D eigenvalue weighted by Crippen LogP contribution is -2.20. The van der Waals surface area contributed by atoms with E-state index in [9.17, 15) is 4.79 Å². The van der Waals surface area contributed by atoms with Crippen molar-refractivity contribution in [2.75, 3.05) is 20.0 Å². The summed E-state index contributed by atoms with van der Waals surface area (Å²) >= 11 is 7.14. The summed E-state index contributed by atoms with van der Waals surface area (Å²) in [5, 5.41) is 14.0. The van der Waals surface area contributed by atoms with Crippen LogP contribution < -0.4 is 14.9 Å². The average Bonchev–Trinajstić information content (AvgIpc) is 3.32. The molecule has 0 bridgehead atoms. The van der Waals surface area contributed by atoms with E-state index in [0.29, 0.717) is 27.5 Å². The molecular formula is C25H22ClN5O3S. The molecule has 4 aromatic rings. The number of aromatic nitrogens is 3. The van der Waals surface area contributed by atoms with E-state index in [0.717, 1.165) is 16.8 Å². The topological polar surface area (TPSA) is 90.6 Å². The second-order valence-electron chi connectivity index (χ2n) is 7.18. The number of methoxy groups -OCH3 is 2. The molecule has 0 fully saturated rings. The van der Waals surface area contributed by atoms with Crippen molar-refractivity contribution in [1.82, 2.24) is 20.2 Å². The quantitative estimate of drug-likeness (QED) is 0.198. The molecule has 0 spiro atoms. The molecule has 8 nitrogen and oxygen atoms in total. The first kappa shape index (κ1) is 24.3. The second-order valence-corrected chi connectivity index (χ2v) is 8.56. The summed E-state index contributed by atoms with van der Waals surface area (Å²) in [6.07, 6.45) is 1.56. The highest BCUT2D eigenvalue weighted by Crippen LogP contribution is 2.34. The predicted octanol–water partition coefficient (Wildman–Crippen LogP) is 4.85. The molecule has 0 aliphatic heterocycles. The summed E-state index contributed by atoms with van der Waals surface area (Å²) < 4.78 is 12.7. The maximum absolute atomic E-state index is 12.4. The van der Waals surface area contributed by atoms with Crippen LogP contribution in [-0.2, 0) is 4.79 Å². The molecule has 0 saturated heterocycles. The van der Waals surface area contributed by atoms with Crippen LogP contribution in [-0.4, -0.2) is 46.9 Å². The Morgan fingerprint density at radius 2 is 1.77 bits per heavy atom. The summed E-state index contributed by atoms with van der Waals surface area (Å²) in [7, 11) is 3.17. The smallest absolute Gasteiger partial charge is 0.250 e. The SMILES string of the molecule is COc1ccc(-c2nnc(SCC(=O)N/N=C\c3ccc(Cl)cc3)n2-c2ccccc2)cc1OC. The van der Waals surface area contributed by atoms with Crippen LogP contribution in [0.1, 0.15) is 5.56 Å². The third kappa shape index (κ3) is 6.00. The number of hydrogen-bond acceptors (Lipinski definition) is 7. The minimum atomic E-state index is -0.268. The number of para-hydroxylation sites is 1. The van der Waals surface area contributed by atoms with Gasteiger partial charge in [0.15, 0.2) is 22.5 Å². The lowest BCUT2D eigenvalue weighted by Gasteiger charge is -2.12. The van der Waals surface area contributed by atoms with Crippen LogP contribution in [0.2, 0.25) is 5.02 Å². The molecule has 1 heterocycles. The molecule has 0 aliphatic carbocycles. The molecule has 178 valence electrons. The van der Waals surface area contributed by atoms with Crippen molar-refractivity contribution in [1.29, 1.82) is 0 Å². The van der Waals surface area contributed by atoms with E-state index in [1.165, 1.54) is 11.8 Å². The predicted molar refractivity (Wildman–Crippen MR) is 138 cm³/mol. The Morgan fingerprint density at radius 1 is 1.03 bits per heavy atom. The van der Waals surface area contributed by atoms with Crippen LogP contribution in [0.15, 0.2) is 83.1 Å². The number of thioether (sulfide) groups is 1. The molecule has 4 rings (SSSR count). The molecule has 0 atom stereocenters. The number of nitrogens with zero attached hydrogens (tertiary/aromatic N) is 4. The Kier molecular flexibility index (Phi) is 8.02. The molecule has 1 N–H and O–H groups in total. The number of halogens is 1. The Hall–Kier alpha value is -3.82. The molecular weight excluding hydrogens is 486 g/mol. The van der Waals surface area contributed by atoms with E-state index in [1.54, 1.807) is 32.6 Å². The zero-order chi connectivity index (χ0) is 24.6. The second kappa shape index (κ2) is 11.5. The van der Waals surface area contributed by atoms with Crippen LogP contribution in [0, 0.1) is 0 Å². The third-order valence-corrected chi connectivity index (χ3v) is 6.08. The summed E-state index contributed by atoms with van der Waals surface area (Å²) in [5.74, 6) is 1.65. The number of rotatable bonds is 9. The number of ether oxygens (including phenoxy) is 2. The molecule has 0 aliphatic rings. The summed E-state index contributed by atoms with van der Waals surface area (Å²) in [6, 6.07) is 22.4. The van der Waals surface area contributed by atoms with Gasteiger partial charge in [-0.05, 0) is 48.0 Å². The van der Waals surface area contributed by atoms with E-state index >= 15 is 0 Å². The first-order valence-corrected chi connectivity index (χ1v) is 11.9. The number of amides is 1. The highest BCUT2D eigenvalue weighted by molar-refractivity contribution is 7.99. The lowest BCUT2D eigenvalue weighted by atomic mass is 10.2. The molecule has 0 unspecified atom stereocenters. The minimum Gasteiger partial charge on any atom is -0.493 e. The van der Waals surface area contributed by atoms with Crippen LogP contribution in [0.5, 0.6) is 11.5 Å². The van der Waals surface area contributed by atoms with Crippen molar-refractivity contribution < 1.29 is 14.3 Å². The van der Waals surface area contributed by atoms with Crippen LogP contribution in [0.3, 0.4) is 0 Å². The van der Waals surface area contributed by atoms with Gasteiger partial charge in [0.25, 0.3) is 5.91 Å². The van der Waals surface area contributed by atoms with E-state index in [-0.39, 0.29) is 11.7 Å². The van der Waals surface area contributed by atoms with Gasteiger partial charge in [0.1, 0.15) is 0 Å². The van der Waals surface area contributed by atoms with Gasteiger partial charge < -0.3 is 9.47 Å². The Balaban J connectivity index is 1.54. The van der Waals surface area contributed by atoms with Crippen molar-refractivity contribution >= 4 is 35.5 Å². The van der Waals surface area contributed by atoms with Crippen molar-refractivity contribution in [3.05, 3.63) is 83.4 Å². The monoisotopic (exact) mass is 507 g/mol.